The topological polar surface area (TPSA) is 66.8 Å². The number of carbonyl (C=O) groups excluding carboxylic acids is 1. The summed E-state index contributed by atoms with van der Waals surface area (Å²) in [7, 11) is 0. The molecule has 0 amide bonds. The molecule has 3 aliphatic rings. The summed E-state index contributed by atoms with van der Waals surface area (Å²) in [6, 6.07) is 7.81. The van der Waals surface area contributed by atoms with Crippen LogP contribution in [0, 0.1) is 23.7 Å². The number of halogens is 2. The van der Waals surface area contributed by atoms with Gasteiger partial charge in [-0.1, -0.05) is 32.4 Å². The van der Waals surface area contributed by atoms with E-state index in [4.69, 9.17) is 4.74 Å². The van der Waals surface area contributed by atoms with Crippen molar-refractivity contribution in [2.24, 2.45) is 23.7 Å². The standard InChI is InChI=1S/C15H21BrO2S.C10H18O.C5H3BrOS/c1-9-3-4-10-11(7-9)18-12(8-15(10,2)17)13-5-6-14(16)19-13;1-7(2)9-5-4-8(3)6-10(9)11;6-5-2-1-4(3-7)8-5/h5-6,9-12,17H,3-4,7-8H2,1-2H3;8-11H,1,4-6H2,2-3H3;1-3H. The molecule has 4 nitrogen and oxygen atoms in total. The van der Waals surface area contributed by atoms with Crippen molar-refractivity contribution in [3.8, 4) is 0 Å². The maximum Gasteiger partial charge on any atom is 0.160 e. The molecule has 3 fully saturated rings. The number of ether oxygens (including phenoxy) is 1. The van der Waals surface area contributed by atoms with E-state index in [-0.39, 0.29) is 18.3 Å². The van der Waals surface area contributed by atoms with Gasteiger partial charge in [0.2, 0.25) is 0 Å². The van der Waals surface area contributed by atoms with Gasteiger partial charge in [0.05, 0.1) is 36.4 Å². The average molecular weight is 691 g/mol. The van der Waals surface area contributed by atoms with E-state index in [1.54, 1.807) is 17.4 Å². The molecule has 0 radical (unpaired) electrons. The molecule has 0 bridgehead atoms. The Kier molecular flexibility index (Phi) is 12.3. The number of hydrogen-bond acceptors (Lipinski definition) is 6. The minimum atomic E-state index is -0.593. The molecule has 5 rings (SSSR count). The van der Waals surface area contributed by atoms with Crippen molar-refractivity contribution in [2.75, 3.05) is 0 Å². The Morgan fingerprint density at radius 1 is 1.05 bits per heavy atom. The molecule has 2 aliphatic carbocycles. The number of aldehydes is 1. The third-order valence-corrected chi connectivity index (χ3v) is 11.4. The SMILES string of the molecule is C=C(C)C1CCC(C)CC1O.CC1CCC2C(C1)OC(c1ccc(Br)s1)CC2(C)O.O=Cc1ccc(Br)s1. The highest BCUT2D eigenvalue weighted by Gasteiger charge is 2.48. The molecule has 1 aliphatic heterocycles. The molecule has 212 valence electrons. The predicted octanol–water partition coefficient (Wildman–Crippen LogP) is 9.21. The Balaban J connectivity index is 0.000000178. The number of fused-ring (bicyclic) bond motifs is 1. The van der Waals surface area contributed by atoms with E-state index in [0.717, 1.165) is 56.4 Å². The number of aliphatic hydroxyl groups excluding tert-OH is 1. The molecule has 1 saturated heterocycles. The van der Waals surface area contributed by atoms with Crippen LogP contribution in [0.1, 0.15) is 93.3 Å². The first-order chi connectivity index (χ1) is 17.9. The Morgan fingerprint density at radius 3 is 2.21 bits per heavy atom. The maximum absolute atomic E-state index is 10.8. The molecule has 0 aromatic carbocycles. The summed E-state index contributed by atoms with van der Waals surface area (Å²) in [6.07, 6.45) is 8.43. The lowest BCUT2D eigenvalue weighted by atomic mass is 9.69. The van der Waals surface area contributed by atoms with E-state index < -0.39 is 5.60 Å². The van der Waals surface area contributed by atoms with E-state index in [9.17, 15) is 15.0 Å². The van der Waals surface area contributed by atoms with Crippen LogP contribution in [0.15, 0.2) is 44.0 Å². The largest absolute Gasteiger partial charge is 0.392 e. The lowest BCUT2D eigenvalue weighted by Gasteiger charge is -2.49. The zero-order valence-corrected chi connectivity index (χ0v) is 27.7. The second-order valence-corrected chi connectivity index (χ2v) is 16.6. The monoisotopic (exact) mass is 688 g/mol. The van der Waals surface area contributed by atoms with Gasteiger partial charge in [-0.15, -0.1) is 22.7 Å². The van der Waals surface area contributed by atoms with Crippen molar-refractivity contribution in [3.05, 3.63) is 53.7 Å². The van der Waals surface area contributed by atoms with Gasteiger partial charge in [0.25, 0.3) is 0 Å². The quantitative estimate of drug-likeness (QED) is 0.249. The van der Waals surface area contributed by atoms with Gasteiger partial charge in [-0.25, -0.2) is 0 Å². The van der Waals surface area contributed by atoms with Crippen LogP contribution in [0.25, 0.3) is 0 Å². The summed E-state index contributed by atoms with van der Waals surface area (Å²) in [5.74, 6) is 2.08. The summed E-state index contributed by atoms with van der Waals surface area (Å²) in [6.45, 7) is 12.4. The maximum atomic E-state index is 10.8. The van der Waals surface area contributed by atoms with Crippen molar-refractivity contribution in [3.63, 3.8) is 0 Å². The molecular formula is C30H42Br2O4S2. The van der Waals surface area contributed by atoms with E-state index in [1.807, 2.05) is 19.9 Å². The first-order valence-electron chi connectivity index (χ1n) is 13.6. The number of hydrogen-bond donors (Lipinski definition) is 2. The van der Waals surface area contributed by atoms with E-state index >= 15 is 0 Å². The van der Waals surface area contributed by atoms with Crippen LogP contribution in [-0.2, 0) is 4.74 Å². The van der Waals surface area contributed by atoms with Gasteiger partial charge in [0.1, 0.15) is 0 Å². The van der Waals surface area contributed by atoms with Gasteiger partial charge in [-0.3, -0.25) is 4.79 Å². The van der Waals surface area contributed by atoms with Crippen LogP contribution >= 0.6 is 54.5 Å². The van der Waals surface area contributed by atoms with Crippen LogP contribution in [-0.4, -0.2) is 34.3 Å². The van der Waals surface area contributed by atoms with E-state index in [1.165, 1.54) is 29.1 Å². The molecule has 3 heterocycles. The average Bonchev–Trinajstić information content (AvgIpc) is 3.46. The molecule has 8 heteroatoms. The Morgan fingerprint density at radius 2 is 1.68 bits per heavy atom. The van der Waals surface area contributed by atoms with E-state index in [0.29, 0.717) is 23.7 Å². The van der Waals surface area contributed by atoms with Crippen molar-refractivity contribution in [1.82, 2.24) is 0 Å². The van der Waals surface area contributed by atoms with Crippen LogP contribution < -0.4 is 0 Å². The first kappa shape index (κ1) is 32.2. The lowest BCUT2D eigenvalue weighted by molar-refractivity contribution is -0.197. The molecule has 2 aromatic rings. The molecule has 8 unspecified atom stereocenters. The summed E-state index contributed by atoms with van der Waals surface area (Å²) in [4.78, 5) is 12.0. The van der Waals surface area contributed by atoms with Gasteiger partial charge in [0, 0.05) is 23.1 Å². The third kappa shape index (κ3) is 9.08. The van der Waals surface area contributed by atoms with Crippen molar-refractivity contribution in [1.29, 1.82) is 0 Å². The van der Waals surface area contributed by atoms with Crippen molar-refractivity contribution < 1.29 is 19.7 Å². The Bertz CT molecular complexity index is 1050. The van der Waals surface area contributed by atoms with Gasteiger partial charge in [-0.2, -0.15) is 0 Å². The molecule has 0 spiro atoms. The normalized spacial score (nSPS) is 34.6. The fourth-order valence-electron chi connectivity index (χ4n) is 5.96. The van der Waals surface area contributed by atoms with Crippen molar-refractivity contribution in [2.45, 2.75) is 96.6 Å². The second-order valence-electron chi connectivity index (χ2n) is 11.6. The number of thiophene rings is 2. The molecule has 2 aromatic heterocycles. The van der Waals surface area contributed by atoms with Crippen LogP contribution in [0.3, 0.4) is 0 Å². The Hall–Kier alpha value is -0.350. The van der Waals surface area contributed by atoms with E-state index in [2.05, 4.69) is 64.4 Å². The van der Waals surface area contributed by atoms with Crippen LogP contribution in [0.5, 0.6) is 0 Å². The number of rotatable bonds is 3. The fourth-order valence-corrected chi connectivity index (χ4v) is 8.66. The predicted molar refractivity (Wildman–Crippen MR) is 166 cm³/mol. The van der Waals surface area contributed by atoms with Gasteiger partial charge in [-0.05, 0) is 114 Å². The lowest BCUT2D eigenvalue weighted by Crippen LogP contribution is -2.51. The van der Waals surface area contributed by atoms with Gasteiger partial charge < -0.3 is 14.9 Å². The highest BCUT2D eigenvalue weighted by Crippen LogP contribution is 2.49. The Labute approximate surface area is 253 Å². The minimum absolute atomic E-state index is 0.0536. The van der Waals surface area contributed by atoms with Crippen LogP contribution in [0.4, 0.5) is 0 Å². The zero-order valence-electron chi connectivity index (χ0n) is 22.9. The van der Waals surface area contributed by atoms with Gasteiger partial charge >= 0.3 is 0 Å². The number of aliphatic hydroxyl groups is 2. The molecule has 2 N–H and O–H groups in total. The summed E-state index contributed by atoms with van der Waals surface area (Å²) < 4.78 is 8.45. The third-order valence-electron chi connectivity index (χ3n) is 8.12. The minimum Gasteiger partial charge on any atom is -0.392 e. The highest BCUT2D eigenvalue weighted by molar-refractivity contribution is 9.11. The zero-order chi connectivity index (χ0) is 28.0. The van der Waals surface area contributed by atoms with Crippen molar-refractivity contribution >= 4 is 60.8 Å². The first-order valence-corrected chi connectivity index (χ1v) is 16.8. The molecular weight excluding hydrogens is 648 g/mol. The fraction of sp³-hybridized carbons (Fsp3) is 0.633. The molecule has 8 atom stereocenters. The molecule has 38 heavy (non-hydrogen) atoms. The van der Waals surface area contributed by atoms with Gasteiger partial charge in [0.15, 0.2) is 6.29 Å². The number of carbonyl (C=O) groups is 1. The highest BCUT2D eigenvalue weighted by atomic mass is 79.9. The summed E-state index contributed by atoms with van der Waals surface area (Å²) >= 11 is 9.89. The summed E-state index contributed by atoms with van der Waals surface area (Å²) in [5, 5.41) is 20.5. The van der Waals surface area contributed by atoms with Crippen LogP contribution in [0.2, 0.25) is 0 Å². The second kappa shape index (κ2) is 14.5. The summed E-state index contributed by atoms with van der Waals surface area (Å²) in [5.41, 5.74) is 0.550. The smallest absolute Gasteiger partial charge is 0.160 e. The molecule has 2 saturated carbocycles.